The van der Waals surface area contributed by atoms with Crippen LogP contribution in [0.25, 0.3) is 0 Å². The summed E-state index contributed by atoms with van der Waals surface area (Å²) in [5.41, 5.74) is 0. The van der Waals surface area contributed by atoms with E-state index in [2.05, 4.69) is 20.6 Å². The van der Waals surface area contributed by atoms with Crippen LogP contribution in [0.5, 0.6) is 0 Å². The van der Waals surface area contributed by atoms with Crippen molar-refractivity contribution in [3.8, 4) is 0 Å². The van der Waals surface area contributed by atoms with Crippen LogP contribution in [0.15, 0.2) is 12.3 Å². The second-order valence-electron chi connectivity index (χ2n) is 3.39. The molecule has 0 saturated carbocycles. The normalized spacial score (nSPS) is 21.1. The highest BCUT2D eigenvalue weighted by Crippen LogP contribution is 2.08. The van der Waals surface area contributed by atoms with E-state index in [1.165, 1.54) is 12.8 Å². The molecule has 2 rings (SSSR count). The summed E-state index contributed by atoms with van der Waals surface area (Å²) in [5, 5.41) is 6.92. The van der Waals surface area contributed by atoms with Crippen LogP contribution in [0.4, 0.5) is 5.82 Å². The molecule has 2 N–H and O–H groups in total. The first-order chi connectivity index (χ1) is 6.84. The van der Waals surface area contributed by atoms with Crippen LogP contribution in [0.2, 0.25) is 5.28 Å². The van der Waals surface area contributed by atoms with Crippen molar-refractivity contribution in [3.05, 3.63) is 17.5 Å². The van der Waals surface area contributed by atoms with Gasteiger partial charge in [-0.2, -0.15) is 0 Å². The van der Waals surface area contributed by atoms with Gasteiger partial charge in [0.2, 0.25) is 5.28 Å². The molecule has 1 unspecified atom stereocenters. The van der Waals surface area contributed by atoms with Gasteiger partial charge in [-0.1, -0.05) is 0 Å². The van der Waals surface area contributed by atoms with Gasteiger partial charge in [-0.3, -0.25) is 0 Å². The summed E-state index contributed by atoms with van der Waals surface area (Å²) in [6, 6.07) is 2.38. The molecule has 0 spiro atoms. The Balaban J connectivity index is 1.85. The fraction of sp³-hybridized carbons (Fsp3) is 0.556. The number of nitrogens with one attached hydrogen (secondary N) is 2. The van der Waals surface area contributed by atoms with Gasteiger partial charge in [-0.25, -0.2) is 9.97 Å². The van der Waals surface area contributed by atoms with Gasteiger partial charge in [-0.05, 0) is 37.1 Å². The minimum absolute atomic E-state index is 0.286. The lowest BCUT2D eigenvalue weighted by Gasteiger charge is -2.11. The Morgan fingerprint density at radius 2 is 2.57 bits per heavy atom. The minimum Gasteiger partial charge on any atom is -0.368 e. The largest absolute Gasteiger partial charge is 0.368 e. The highest BCUT2D eigenvalue weighted by atomic mass is 35.5. The topological polar surface area (TPSA) is 49.8 Å². The zero-order chi connectivity index (χ0) is 9.80. The predicted molar refractivity (Wildman–Crippen MR) is 56.6 cm³/mol. The first-order valence-corrected chi connectivity index (χ1v) is 5.18. The quantitative estimate of drug-likeness (QED) is 0.742. The van der Waals surface area contributed by atoms with E-state index < -0.39 is 0 Å². The number of hydrogen-bond donors (Lipinski definition) is 2. The van der Waals surface area contributed by atoms with Gasteiger partial charge in [-0.15, -0.1) is 0 Å². The summed E-state index contributed by atoms with van der Waals surface area (Å²) in [5.74, 6) is 0.790. The van der Waals surface area contributed by atoms with Crippen molar-refractivity contribution in [3.63, 3.8) is 0 Å². The summed E-state index contributed by atoms with van der Waals surface area (Å²) in [7, 11) is 0. The Morgan fingerprint density at radius 3 is 3.29 bits per heavy atom. The number of halogens is 1. The van der Waals surface area contributed by atoms with E-state index in [0.717, 1.165) is 18.9 Å². The second-order valence-corrected chi connectivity index (χ2v) is 3.72. The second kappa shape index (κ2) is 4.57. The molecule has 0 aromatic carbocycles. The first-order valence-electron chi connectivity index (χ1n) is 4.80. The molecule has 4 nitrogen and oxygen atoms in total. The molecule has 1 fully saturated rings. The van der Waals surface area contributed by atoms with Crippen LogP contribution >= 0.6 is 11.6 Å². The summed E-state index contributed by atoms with van der Waals surface area (Å²) >= 11 is 5.66. The van der Waals surface area contributed by atoms with Crippen LogP contribution < -0.4 is 10.6 Å². The fourth-order valence-electron chi connectivity index (χ4n) is 1.59. The molecule has 14 heavy (non-hydrogen) atoms. The van der Waals surface area contributed by atoms with Gasteiger partial charge < -0.3 is 10.6 Å². The monoisotopic (exact) mass is 212 g/mol. The molecule has 0 aliphatic carbocycles. The molecule has 76 valence electrons. The van der Waals surface area contributed by atoms with E-state index in [9.17, 15) is 0 Å². The molecule has 0 amide bonds. The molecular weight excluding hydrogens is 200 g/mol. The van der Waals surface area contributed by atoms with Gasteiger partial charge in [0.25, 0.3) is 0 Å². The van der Waals surface area contributed by atoms with Crippen LogP contribution in [-0.4, -0.2) is 29.1 Å². The smallest absolute Gasteiger partial charge is 0.224 e. The Bertz CT molecular complexity index is 299. The van der Waals surface area contributed by atoms with Crippen LogP contribution in [0.1, 0.15) is 12.8 Å². The molecule has 2 heterocycles. The van der Waals surface area contributed by atoms with Crippen molar-refractivity contribution in [2.24, 2.45) is 0 Å². The zero-order valence-corrected chi connectivity index (χ0v) is 8.59. The molecule has 1 aromatic heterocycles. The number of hydrogen-bond acceptors (Lipinski definition) is 4. The van der Waals surface area contributed by atoms with E-state index in [1.807, 2.05) is 6.07 Å². The van der Waals surface area contributed by atoms with Crippen LogP contribution in [0, 0.1) is 0 Å². The van der Waals surface area contributed by atoms with Gasteiger partial charge in [0.05, 0.1) is 0 Å². The van der Waals surface area contributed by atoms with Gasteiger partial charge >= 0.3 is 0 Å². The zero-order valence-electron chi connectivity index (χ0n) is 7.83. The van der Waals surface area contributed by atoms with Crippen LogP contribution in [0.3, 0.4) is 0 Å². The van der Waals surface area contributed by atoms with Crippen LogP contribution in [-0.2, 0) is 0 Å². The maximum atomic E-state index is 5.66. The number of aromatic nitrogens is 2. The molecule has 1 aromatic rings. The predicted octanol–water partition coefficient (Wildman–Crippen LogP) is 1.29. The Hall–Kier alpha value is -0.870. The molecule has 1 aliphatic heterocycles. The van der Waals surface area contributed by atoms with E-state index in [1.54, 1.807) is 6.20 Å². The lowest BCUT2D eigenvalue weighted by atomic mass is 10.2. The third-order valence-corrected chi connectivity index (χ3v) is 2.50. The molecule has 1 saturated heterocycles. The number of nitrogens with zero attached hydrogens (tertiary/aromatic N) is 2. The van der Waals surface area contributed by atoms with Gasteiger partial charge in [0, 0.05) is 18.8 Å². The highest BCUT2D eigenvalue weighted by molar-refractivity contribution is 6.28. The van der Waals surface area contributed by atoms with E-state index >= 15 is 0 Å². The van der Waals surface area contributed by atoms with Gasteiger partial charge in [0.1, 0.15) is 5.82 Å². The lowest BCUT2D eigenvalue weighted by Crippen LogP contribution is -2.29. The van der Waals surface area contributed by atoms with E-state index in [4.69, 9.17) is 11.6 Å². The molecule has 5 heteroatoms. The average Bonchev–Trinajstić information content (AvgIpc) is 2.67. The summed E-state index contributed by atoms with van der Waals surface area (Å²) in [6.07, 6.45) is 4.14. The van der Waals surface area contributed by atoms with Crippen molar-refractivity contribution in [1.82, 2.24) is 15.3 Å². The standard InChI is InChI=1S/C9H13ClN4/c10-9-12-5-3-8(14-9)13-6-7-2-1-4-11-7/h3,5,7,11H,1-2,4,6H2,(H,12,13,14). The van der Waals surface area contributed by atoms with E-state index in [0.29, 0.717) is 6.04 Å². The molecule has 0 bridgehead atoms. The maximum Gasteiger partial charge on any atom is 0.224 e. The van der Waals surface area contributed by atoms with Crippen molar-refractivity contribution < 1.29 is 0 Å². The van der Waals surface area contributed by atoms with Crippen molar-refractivity contribution in [1.29, 1.82) is 0 Å². The van der Waals surface area contributed by atoms with Crippen molar-refractivity contribution in [2.45, 2.75) is 18.9 Å². The summed E-state index contributed by atoms with van der Waals surface area (Å²) < 4.78 is 0. The van der Waals surface area contributed by atoms with Crippen molar-refractivity contribution >= 4 is 17.4 Å². The summed E-state index contributed by atoms with van der Waals surface area (Å²) in [6.45, 7) is 2.02. The lowest BCUT2D eigenvalue weighted by molar-refractivity contribution is 0.632. The third kappa shape index (κ3) is 2.56. The average molecular weight is 213 g/mol. The maximum absolute atomic E-state index is 5.66. The first kappa shape index (κ1) is 9.68. The Morgan fingerprint density at radius 1 is 1.64 bits per heavy atom. The highest BCUT2D eigenvalue weighted by Gasteiger charge is 2.13. The molecular formula is C9H13ClN4. The molecule has 0 radical (unpaired) electrons. The van der Waals surface area contributed by atoms with E-state index in [-0.39, 0.29) is 5.28 Å². The molecule has 1 atom stereocenters. The van der Waals surface area contributed by atoms with Gasteiger partial charge in [0.15, 0.2) is 0 Å². The fourth-order valence-corrected chi connectivity index (χ4v) is 1.74. The SMILES string of the molecule is Clc1nccc(NCC2CCCN2)n1. The Kier molecular flexibility index (Phi) is 3.16. The third-order valence-electron chi connectivity index (χ3n) is 2.32. The summed E-state index contributed by atoms with van der Waals surface area (Å²) in [4.78, 5) is 7.87. The minimum atomic E-state index is 0.286. The van der Waals surface area contributed by atoms with Crippen molar-refractivity contribution in [2.75, 3.05) is 18.4 Å². The number of anilines is 1. The Labute approximate surface area is 88.1 Å². The molecule has 1 aliphatic rings. The number of rotatable bonds is 3.